The van der Waals surface area contributed by atoms with E-state index in [1.807, 2.05) is 31.2 Å². The van der Waals surface area contributed by atoms with Gasteiger partial charge in [0.2, 0.25) is 0 Å². The second kappa shape index (κ2) is 5.08. The summed E-state index contributed by atoms with van der Waals surface area (Å²) in [5, 5.41) is 9.09. The molecule has 1 N–H and O–H groups in total. The van der Waals surface area contributed by atoms with Gasteiger partial charge in [-0.15, -0.1) is 0 Å². The number of methoxy groups -OCH3 is 1. The molecule has 1 aliphatic heterocycles. The summed E-state index contributed by atoms with van der Waals surface area (Å²) in [5.74, 6) is -0.206. The van der Waals surface area contributed by atoms with Gasteiger partial charge >= 0.3 is 5.97 Å². The maximum Gasteiger partial charge on any atom is 0.305 e. The van der Waals surface area contributed by atoms with Crippen LogP contribution in [0.1, 0.15) is 24.5 Å². The molecule has 1 fully saturated rings. The lowest BCUT2D eigenvalue weighted by molar-refractivity contribution is -0.140. The van der Waals surface area contributed by atoms with Gasteiger partial charge in [0.05, 0.1) is 13.7 Å². The molecule has 0 saturated carbocycles. The van der Waals surface area contributed by atoms with Crippen molar-refractivity contribution < 1.29 is 19.4 Å². The van der Waals surface area contributed by atoms with Crippen LogP contribution < -0.4 is 0 Å². The largest absolute Gasteiger partial charge is 0.469 e. The van der Waals surface area contributed by atoms with Crippen LogP contribution in [0.2, 0.25) is 0 Å². The zero-order chi connectivity index (χ0) is 13.2. The second-order valence-electron chi connectivity index (χ2n) is 4.67. The van der Waals surface area contributed by atoms with Gasteiger partial charge in [0.25, 0.3) is 0 Å². The van der Waals surface area contributed by atoms with Crippen LogP contribution in [0.3, 0.4) is 0 Å². The van der Waals surface area contributed by atoms with Crippen LogP contribution >= 0.6 is 0 Å². The number of rotatable bonds is 5. The molecule has 1 aromatic carbocycles. The van der Waals surface area contributed by atoms with Crippen LogP contribution in [0.4, 0.5) is 0 Å². The number of hydrogen-bond acceptors (Lipinski definition) is 4. The Bertz CT molecular complexity index is 443. The zero-order valence-corrected chi connectivity index (χ0v) is 10.7. The lowest BCUT2D eigenvalue weighted by atomic mass is 9.95. The van der Waals surface area contributed by atoms with E-state index >= 15 is 0 Å². The maximum atomic E-state index is 11.1. The molecule has 2 unspecified atom stereocenters. The molecule has 1 aromatic rings. The molecule has 0 bridgehead atoms. The molecule has 98 valence electrons. The first kappa shape index (κ1) is 13.1. The molecule has 1 heterocycles. The summed E-state index contributed by atoms with van der Waals surface area (Å²) < 4.78 is 10.1. The summed E-state index contributed by atoms with van der Waals surface area (Å²) in [6.07, 6.45) is 0.912. The number of epoxide rings is 1. The Kier molecular flexibility index (Phi) is 3.68. The average Bonchev–Trinajstić information content (AvgIpc) is 3.09. The topological polar surface area (TPSA) is 59.1 Å². The molecule has 0 radical (unpaired) electrons. The van der Waals surface area contributed by atoms with E-state index in [1.165, 1.54) is 7.11 Å². The molecule has 0 amide bonds. The van der Waals surface area contributed by atoms with E-state index in [0.29, 0.717) is 12.8 Å². The Balaban J connectivity index is 2.04. The van der Waals surface area contributed by atoms with Gasteiger partial charge in [-0.25, -0.2) is 0 Å². The number of aryl methyl sites for hydroxylation is 1. The highest BCUT2D eigenvalue weighted by molar-refractivity contribution is 5.69. The molecule has 1 saturated heterocycles. The van der Waals surface area contributed by atoms with Crippen molar-refractivity contribution in [3.63, 3.8) is 0 Å². The number of carbonyl (C=O) groups is 1. The molecule has 2 atom stereocenters. The Morgan fingerprint density at radius 2 is 2.33 bits per heavy atom. The fourth-order valence-corrected chi connectivity index (χ4v) is 2.11. The van der Waals surface area contributed by atoms with E-state index in [9.17, 15) is 4.79 Å². The SMILES string of the molecule is COC(=O)CCc1cccc(C2(C)OC2CO)c1. The van der Waals surface area contributed by atoms with E-state index < -0.39 is 0 Å². The van der Waals surface area contributed by atoms with Gasteiger partial charge in [-0.3, -0.25) is 4.79 Å². The lowest BCUT2D eigenvalue weighted by Gasteiger charge is -2.09. The maximum absolute atomic E-state index is 11.1. The Morgan fingerprint density at radius 3 is 2.94 bits per heavy atom. The van der Waals surface area contributed by atoms with Gasteiger partial charge in [-0.05, 0) is 24.5 Å². The van der Waals surface area contributed by atoms with Gasteiger partial charge in [-0.1, -0.05) is 24.3 Å². The van der Waals surface area contributed by atoms with E-state index in [1.54, 1.807) is 0 Å². The lowest BCUT2D eigenvalue weighted by Crippen LogP contribution is -2.11. The third-order valence-electron chi connectivity index (χ3n) is 3.46. The molecule has 4 nitrogen and oxygen atoms in total. The monoisotopic (exact) mass is 250 g/mol. The molecule has 2 rings (SSSR count). The Hall–Kier alpha value is -1.39. The molecule has 18 heavy (non-hydrogen) atoms. The summed E-state index contributed by atoms with van der Waals surface area (Å²) in [7, 11) is 1.39. The smallest absolute Gasteiger partial charge is 0.305 e. The summed E-state index contributed by atoms with van der Waals surface area (Å²) in [5.41, 5.74) is 1.74. The first-order valence-electron chi connectivity index (χ1n) is 6.05. The Morgan fingerprint density at radius 1 is 1.56 bits per heavy atom. The normalized spacial score (nSPS) is 25.8. The van der Waals surface area contributed by atoms with Crippen molar-refractivity contribution in [2.45, 2.75) is 31.5 Å². The van der Waals surface area contributed by atoms with Gasteiger partial charge in [0.15, 0.2) is 0 Å². The summed E-state index contributed by atoms with van der Waals surface area (Å²) in [4.78, 5) is 11.1. The molecule has 4 heteroatoms. The highest BCUT2D eigenvalue weighted by Crippen LogP contribution is 2.45. The van der Waals surface area contributed by atoms with E-state index in [2.05, 4.69) is 4.74 Å². The highest BCUT2D eigenvalue weighted by Gasteiger charge is 2.53. The number of benzene rings is 1. The summed E-state index contributed by atoms with van der Waals surface area (Å²) >= 11 is 0. The van der Waals surface area contributed by atoms with E-state index in [-0.39, 0.29) is 24.3 Å². The fraction of sp³-hybridized carbons (Fsp3) is 0.500. The van der Waals surface area contributed by atoms with Crippen LogP contribution in [-0.4, -0.2) is 30.9 Å². The number of carbonyl (C=O) groups excluding carboxylic acids is 1. The van der Waals surface area contributed by atoms with Crippen molar-refractivity contribution >= 4 is 5.97 Å². The van der Waals surface area contributed by atoms with Crippen molar-refractivity contribution in [3.05, 3.63) is 35.4 Å². The number of aliphatic hydroxyl groups is 1. The van der Waals surface area contributed by atoms with Gasteiger partial charge in [-0.2, -0.15) is 0 Å². The average molecular weight is 250 g/mol. The number of esters is 1. The van der Waals surface area contributed by atoms with Crippen LogP contribution in [0.25, 0.3) is 0 Å². The van der Waals surface area contributed by atoms with Crippen molar-refractivity contribution in [2.75, 3.05) is 13.7 Å². The second-order valence-corrected chi connectivity index (χ2v) is 4.67. The summed E-state index contributed by atoms with van der Waals surface area (Å²) in [6, 6.07) is 7.94. The number of hydrogen-bond donors (Lipinski definition) is 1. The first-order chi connectivity index (χ1) is 8.60. The van der Waals surface area contributed by atoms with E-state index in [0.717, 1.165) is 11.1 Å². The predicted octanol–water partition coefficient (Wildman–Crippen LogP) is 1.40. The van der Waals surface area contributed by atoms with Crippen LogP contribution in [0.15, 0.2) is 24.3 Å². The number of ether oxygens (including phenoxy) is 2. The quantitative estimate of drug-likeness (QED) is 0.634. The minimum Gasteiger partial charge on any atom is -0.469 e. The van der Waals surface area contributed by atoms with Gasteiger partial charge in [0.1, 0.15) is 11.7 Å². The minimum atomic E-state index is -0.379. The molecular weight excluding hydrogens is 232 g/mol. The first-order valence-corrected chi connectivity index (χ1v) is 6.05. The van der Waals surface area contributed by atoms with Crippen molar-refractivity contribution in [3.8, 4) is 0 Å². The highest BCUT2D eigenvalue weighted by atomic mass is 16.6. The molecule has 1 aliphatic rings. The Labute approximate surface area is 107 Å². The van der Waals surface area contributed by atoms with Crippen molar-refractivity contribution in [2.24, 2.45) is 0 Å². The molecule has 0 spiro atoms. The molecule has 0 aliphatic carbocycles. The molecular formula is C14H18O4. The fourth-order valence-electron chi connectivity index (χ4n) is 2.11. The van der Waals surface area contributed by atoms with Crippen molar-refractivity contribution in [1.29, 1.82) is 0 Å². The molecule has 0 aromatic heterocycles. The van der Waals surface area contributed by atoms with E-state index in [4.69, 9.17) is 9.84 Å². The van der Waals surface area contributed by atoms with Gasteiger partial charge < -0.3 is 14.6 Å². The standard InChI is InChI=1S/C14H18O4/c1-14(12(9-15)18-14)11-5-3-4-10(8-11)6-7-13(16)17-2/h3-5,8,12,15H,6-7,9H2,1-2H3. The minimum absolute atomic E-state index is 0.0306. The predicted molar refractivity (Wildman–Crippen MR) is 66.1 cm³/mol. The van der Waals surface area contributed by atoms with Crippen LogP contribution in [0, 0.1) is 0 Å². The number of aliphatic hydroxyl groups excluding tert-OH is 1. The summed E-state index contributed by atoms with van der Waals surface area (Å²) in [6.45, 7) is 2.00. The zero-order valence-electron chi connectivity index (χ0n) is 10.7. The van der Waals surface area contributed by atoms with Crippen LogP contribution in [0.5, 0.6) is 0 Å². The third kappa shape index (κ3) is 2.54. The third-order valence-corrected chi connectivity index (χ3v) is 3.46. The van der Waals surface area contributed by atoms with Gasteiger partial charge in [0, 0.05) is 6.42 Å². The van der Waals surface area contributed by atoms with Crippen LogP contribution in [-0.2, 0) is 26.3 Å². The van der Waals surface area contributed by atoms with Crippen molar-refractivity contribution in [1.82, 2.24) is 0 Å².